The number of rotatable bonds is 6. The molecule has 8 heteroatoms. The largest absolute Gasteiger partial charge is 0.337 e. The van der Waals surface area contributed by atoms with Gasteiger partial charge in [0.25, 0.3) is 0 Å². The molecule has 2 heterocycles. The predicted molar refractivity (Wildman–Crippen MR) is 129 cm³/mol. The summed E-state index contributed by atoms with van der Waals surface area (Å²) in [4.78, 5) is 43.3. The van der Waals surface area contributed by atoms with E-state index in [1.807, 2.05) is 79.4 Å². The second-order valence-electron chi connectivity index (χ2n) is 9.29. The lowest BCUT2D eigenvalue weighted by Crippen LogP contribution is -2.76. The van der Waals surface area contributed by atoms with E-state index in [1.165, 1.54) is 0 Å². The van der Waals surface area contributed by atoms with Crippen molar-refractivity contribution in [1.82, 2.24) is 25.1 Å². The average Bonchev–Trinajstić information content (AvgIpc) is 2.83. The maximum Gasteiger partial charge on any atom is 0.334 e. The Kier molecular flexibility index (Phi) is 7.17. The Morgan fingerprint density at radius 3 is 2.24 bits per heavy atom. The lowest BCUT2D eigenvalue weighted by Gasteiger charge is -2.55. The van der Waals surface area contributed by atoms with Crippen molar-refractivity contribution in [3.8, 4) is 0 Å². The van der Waals surface area contributed by atoms with Crippen molar-refractivity contribution in [2.45, 2.75) is 39.0 Å². The standard InChI is InChI=1S/C26H33N5O3/c1-19(2)24-25(33)29(15-14-20-10-6-4-7-11-20)17-22-30(24)23(32)18-28(3)31(22)26(34)27-16-21-12-8-5-9-13-21/h4-13,19,22,24H,14-18H2,1-3H3,(H,27,34)/t22-,24-/m0/s1. The molecule has 2 atom stereocenters. The molecule has 8 nitrogen and oxygen atoms in total. The van der Waals surface area contributed by atoms with Gasteiger partial charge in [0.2, 0.25) is 11.8 Å². The second kappa shape index (κ2) is 10.3. The summed E-state index contributed by atoms with van der Waals surface area (Å²) in [5.74, 6) is -0.254. The molecule has 0 unspecified atom stereocenters. The molecule has 0 aliphatic carbocycles. The molecule has 0 aromatic heterocycles. The number of nitrogens with zero attached hydrogens (tertiary/aromatic N) is 4. The quantitative estimate of drug-likeness (QED) is 0.714. The molecular formula is C26H33N5O3. The summed E-state index contributed by atoms with van der Waals surface area (Å²) in [6, 6.07) is 18.8. The molecule has 2 aliphatic heterocycles. The van der Waals surface area contributed by atoms with Crippen LogP contribution in [0.3, 0.4) is 0 Å². The van der Waals surface area contributed by atoms with Crippen molar-refractivity contribution in [1.29, 1.82) is 0 Å². The number of carbonyl (C=O) groups is 3. The molecule has 1 N–H and O–H groups in total. The van der Waals surface area contributed by atoms with Gasteiger partial charge in [-0.3, -0.25) is 9.59 Å². The smallest absolute Gasteiger partial charge is 0.334 e. The normalized spacial score (nSPS) is 21.1. The van der Waals surface area contributed by atoms with Gasteiger partial charge in [0.15, 0.2) is 0 Å². The van der Waals surface area contributed by atoms with Crippen molar-refractivity contribution in [3.05, 3.63) is 71.8 Å². The molecule has 2 aliphatic rings. The van der Waals surface area contributed by atoms with Crippen LogP contribution >= 0.6 is 0 Å². The number of fused-ring (bicyclic) bond motifs is 1. The number of piperazine rings is 1. The van der Waals surface area contributed by atoms with Crippen LogP contribution in [0.15, 0.2) is 60.7 Å². The minimum atomic E-state index is -0.597. The third kappa shape index (κ3) is 4.92. The van der Waals surface area contributed by atoms with Gasteiger partial charge < -0.3 is 15.1 Å². The van der Waals surface area contributed by atoms with Crippen molar-refractivity contribution in [2.24, 2.45) is 5.92 Å². The molecule has 0 saturated carbocycles. The Balaban J connectivity index is 1.56. The minimum absolute atomic E-state index is 0.0512. The van der Waals surface area contributed by atoms with Crippen LogP contribution < -0.4 is 5.32 Å². The number of amides is 4. The van der Waals surface area contributed by atoms with E-state index in [0.717, 1.165) is 11.1 Å². The van der Waals surface area contributed by atoms with Crippen molar-refractivity contribution in [3.63, 3.8) is 0 Å². The zero-order chi connectivity index (χ0) is 24.2. The van der Waals surface area contributed by atoms with Crippen molar-refractivity contribution in [2.75, 3.05) is 26.7 Å². The van der Waals surface area contributed by atoms with E-state index in [-0.39, 0.29) is 36.9 Å². The molecule has 2 fully saturated rings. The maximum atomic E-state index is 13.5. The number of nitrogens with one attached hydrogen (secondary N) is 1. The van der Waals surface area contributed by atoms with Crippen molar-refractivity contribution < 1.29 is 14.4 Å². The zero-order valence-corrected chi connectivity index (χ0v) is 20.1. The fourth-order valence-corrected chi connectivity index (χ4v) is 4.83. The summed E-state index contributed by atoms with van der Waals surface area (Å²) >= 11 is 0. The average molecular weight is 464 g/mol. The van der Waals surface area contributed by atoms with E-state index < -0.39 is 12.2 Å². The van der Waals surface area contributed by atoms with Crippen LogP contribution in [0.2, 0.25) is 0 Å². The van der Waals surface area contributed by atoms with Gasteiger partial charge in [-0.15, -0.1) is 0 Å². The van der Waals surface area contributed by atoms with Crippen LogP contribution in [0.1, 0.15) is 25.0 Å². The molecule has 2 aromatic carbocycles. The van der Waals surface area contributed by atoms with Gasteiger partial charge in [0.05, 0.1) is 13.1 Å². The van der Waals surface area contributed by atoms with E-state index in [9.17, 15) is 14.4 Å². The molecule has 4 amide bonds. The van der Waals surface area contributed by atoms with Crippen molar-refractivity contribution >= 4 is 17.8 Å². The SMILES string of the molecule is CC(C)[C@H]1C(=O)N(CCc2ccccc2)C[C@H]2N1C(=O)CN(C)N2C(=O)NCc1ccccc1. The predicted octanol–water partition coefficient (Wildman–Crippen LogP) is 2.32. The summed E-state index contributed by atoms with van der Waals surface area (Å²) in [6.07, 6.45) is 0.164. The highest BCUT2D eigenvalue weighted by Gasteiger charge is 2.51. The Hall–Kier alpha value is -3.39. The van der Waals surface area contributed by atoms with Gasteiger partial charge in [-0.2, -0.15) is 0 Å². The van der Waals surface area contributed by atoms with E-state index in [1.54, 1.807) is 22.0 Å². The molecule has 4 rings (SSSR count). The van der Waals surface area contributed by atoms with Crippen LogP contribution in [0.5, 0.6) is 0 Å². The van der Waals surface area contributed by atoms with Crippen LogP contribution in [0, 0.1) is 5.92 Å². The first-order valence-corrected chi connectivity index (χ1v) is 11.8. The lowest BCUT2D eigenvalue weighted by molar-refractivity contribution is -0.189. The number of urea groups is 1. The summed E-state index contributed by atoms with van der Waals surface area (Å²) in [5, 5.41) is 6.24. The summed E-state index contributed by atoms with van der Waals surface area (Å²) in [6.45, 7) is 5.15. The Morgan fingerprint density at radius 1 is 1.00 bits per heavy atom. The molecular weight excluding hydrogens is 430 g/mol. The summed E-state index contributed by atoms with van der Waals surface area (Å²) < 4.78 is 0. The summed E-state index contributed by atoms with van der Waals surface area (Å²) in [7, 11) is 1.74. The molecule has 180 valence electrons. The van der Waals surface area contributed by atoms with E-state index >= 15 is 0 Å². The fraction of sp³-hybridized carbons (Fsp3) is 0.423. The number of hydrazine groups is 1. The first-order chi connectivity index (χ1) is 16.4. The number of hydrogen-bond donors (Lipinski definition) is 1. The summed E-state index contributed by atoms with van der Waals surface area (Å²) in [5.41, 5.74) is 2.14. The molecule has 0 radical (unpaired) electrons. The highest BCUT2D eigenvalue weighted by atomic mass is 16.2. The van der Waals surface area contributed by atoms with Crippen LogP contribution in [0.4, 0.5) is 4.79 Å². The van der Waals surface area contributed by atoms with E-state index in [4.69, 9.17) is 0 Å². The number of hydrogen-bond acceptors (Lipinski definition) is 4. The fourth-order valence-electron chi connectivity index (χ4n) is 4.83. The zero-order valence-electron chi connectivity index (χ0n) is 20.1. The molecule has 0 spiro atoms. The van der Waals surface area contributed by atoms with E-state index in [2.05, 4.69) is 5.32 Å². The number of benzene rings is 2. The number of carbonyl (C=O) groups excluding carboxylic acids is 3. The monoisotopic (exact) mass is 463 g/mol. The molecule has 0 bridgehead atoms. The van der Waals surface area contributed by atoms with Gasteiger partial charge in [-0.1, -0.05) is 74.5 Å². The topological polar surface area (TPSA) is 76.2 Å². The lowest BCUT2D eigenvalue weighted by atomic mass is 9.96. The molecule has 2 saturated heterocycles. The number of likely N-dealkylation sites (N-methyl/N-ethyl adjacent to an activating group) is 1. The third-order valence-electron chi connectivity index (χ3n) is 6.51. The highest BCUT2D eigenvalue weighted by molar-refractivity contribution is 5.91. The van der Waals surface area contributed by atoms with Gasteiger partial charge in [0.1, 0.15) is 12.2 Å². The van der Waals surface area contributed by atoms with Gasteiger partial charge in [0, 0.05) is 20.1 Å². The third-order valence-corrected chi connectivity index (χ3v) is 6.51. The molecule has 34 heavy (non-hydrogen) atoms. The Morgan fingerprint density at radius 2 is 1.62 bits per heavy atom. The van der Waals surface area contributed by atoms with Crippen LogP contribution in [-0.4, -0.2) is 76.6 Å². The van der Waals surface area contributed by atoms with Crippen LogP contribution in [0.25, 0.3) is 0 Å². The Bertz CT molecular complexity index is 1010. The second-order valence-corrected chi connectivity index (χ2v) is 9.29. The first-order valence-electron chi connectivity index (χ1n) is 11.8. The Labute approximate surface area is 201 Å². The molecule has 2 aromatic rings. The van der Waals surface area contributed by atoms with Gasteiger partial charge >= 0.3 is 6.03 Å². The maximum absolute atomic E-state index is 13.5. The first kappa shape index (κ1) is 23.8. The minimum Gasteiger partial charge on any atom is -0.337 e. The van der Waals surface area contributed by atoms with Gasteiger partial charge in [-0.05, 0) is 23.5 Å². The van der Waals surface area contributed by atoms with E-state index in [0.29, 0.717) is 19.5 Å². The van der Waals surface area contributed by atoms with Gasteiger partial charge in [-0.25, -0.2) is 14.8 Å². The highest BCUT2D eigenvalue weighted by Crippen LogP contribution is 2.29. The van der Waals surface area contributed by atoms with Crippen LogP contribution in [-0.2, 0) is 22.6 Å².